The fourth-order valence-corrected chi connectivity index (χ4v) is 2.85. The number of rotatable bonds is 2. The van der Waals surface area contributed by atoms with Crippen molar-refractivity contribution in [2.24, 2.45) is 5.92 Å². The molecule has 0 N–H and O–H groups in total. The summed E-state index contributed by atoms with van der Waals surface area (Å²) in [4.78, 5) is 0. The van der Waals surface area contributed by atoms with Crippen molar-refractivity contribution < 1.29 is 17.2 Å². The molecule has 0 heterocycles. The summed E-state index contributed by atoms with van der Waals surface area (Å²) in [5.41, 5.74) is 0. The lowest BCUT2D eigenvalue weighted by Gasteiger charge is -2.07. The van der Waals surface area contributed by atoms with Gasteiger partial charge in [0.25, 0.3) is 0 Å². The van der Waals surface area contributed by atoms with Crippen LogP contribution in [0.3, 0.4) is 0 Å². The Bertz CT molecular complexity index is 263. The summed E-state index contributed by atoms with van der Waals surface area (Å²) in [6, 6.07) is 0. The maximum Gasteiger partial charge on any atom is 0.248 e. The molecule has 1 aliphatic rings. The van der Waals surface area contributed by atoms with E-state index < -0.39 is 20.9 Å². The van der Waals surface area contributed by atoms with Crippen LogP contribution in [0.25, 0.3) is 0 Å². The Morgan fingerprint density at radius 1 is 1.50 bits per heavy atom. The van der Waals surface area contributed by atoms with E-state index >= 15 is 0 Å². The van der Waals surface area contributed by atoms with Crippen LogP contribution in [-0.4, -0.2) is 20.1 Å². The van der Waals surface area contributed by atoms with Crippen molar-refractivity contribution in [1.82, 2.24) is 0 Å². The zero-order valence-corrected chi connectivity index (χ0v) is 7.84. The van der Waals surface area contributed by atoms with Crippen molar-refractivity contribution in [2.45, 2.75) is 25.2 Å². The molecule has 0 saturated heterocycles. The predicted molar refractivity (Wildman–Crippen MR) is 41.9 cm³/mol. The van der Waals surface area contributed by atoms with E-state index in [9.17, 15) is 17.2 Å². The summed E-state index contributed by atoms with van der Waals surface area (Å²) in [5.74, 6) is -3.49. The second kappa shape index (κ2) is 3.10. The van der Waals surface area contributed by atoms with Crippen LogP contribution in [0.15, 0.2) is 0 Å². The van der Waals surface area contributed by atoms with E-state index in [1.165, 1.54) is 0 Å². The number of hydrogen-bond donors (Lipinski definition) is 0. The molecule has 1 unspecified atom stereocenters. The molecule has 0 bridgehead atoms. The van der Waals surface area contributed by atoms with Gasteiger partial charge in [-0.1, -0.05) is 0 Å². The van der Waals surface area contributed by atoms with E-state index in [1.807, 2.05) is 0 Å². The number of hydrogen-bond acceptors (Lipinski definition) is 2. The summed E-state index contributed by atoms with van der Waals surface area (Å²) in [6.45, 7) is 0. The normalized spacial score (nSPS) is 29.1. The first-order valence-corrected chi connectivity index (χ1v) is 6.06. The Balaban J connectivity index is 2.49. The first-order valence-electron chi connectivity index (χ1n) is 3.59. The van der Waals surface area contributed by atoms with E-state index in [0.717, 1.165) is 0 Å². The van der Waals surface area contributed by atoms with Crippen LogP contribution in [0.5, 0.6) is 0 Å². The predicted octanol–water partition coefficient (Wildman–Crippen LogP) is 1.99. The second-order valence-corrected chi connectivity index (χ2v) is 5.99. The van der Waals surface area contributed by atoms with E-state index in [4.69, 9.17) is 10.7 Å². The number of halogens is 3. The van der Waals surface area contributed by atoms with Gasteiger partial charge in [-0.3, -0.25) is 0 Å². The Kier molecular flexibility index (Phi) is 2.63. The standard InChI is InChI=1S/C6H9ClF2O2S/c7-12(10,11)4-5-1-2-6(8,9)3-5/h5H,1-4H2. The maximum atomic E-state index is 12.5. The van der Waals surface area contributed by atoms with Gasteiger partial charge in [0.05, 0.1) is 5.75 Å². The van der Waals surface area contributed by atoms with Gasteiger partial charge >= 0.3 is 0 Å². The summed E-state index contributed by atoms with van der Waals surface area (Å²) in [7, 11) is 1.31. The van der Waals surface area contributed by atoms with E-state index in [0.29, 0.717) is 0 Å². The number of alkyl halides is 2. The third-order valence-electron chi connectivity index (χ3n) is 1.94. The Morgan fingerprint density at radius 2 is 2.08 bits per heavy atom. The average molecular weight is 219 g/mol. The van der Waals surface area contributed by atoms with Crippen LogP contribution in [-0.2, 0) is 9.05 Å². The molecular formula is C6H9ClF2O2S. The lowest BCUT2D eigenvalue weighted by atomic mass is 10.1. The van der Waals surface area contributed by atoms with E-state index in [-0.39, 0.29) is 25.0 Å². The second-order valence-electron chi connectivity index (χ2n) is 3.17. The van der Waals surface area contributed by atoms with Crippen molar-refractivity contribution in [3.05, 3.63) is 0 Å². The molecule has 0 aliphatic heterocycles. The van der Waals surface area contributed by atoms with Gasteiger partial charge in [-0.05, 0) is 12.3 Å². The first-order chi connectivity index (χ1) is 5.29. The van der Waals surface area contributed by atoms with Crippen molar-refractivity contribution in [1.29, 1.82) is 0 Å². The van der Waals surface area contributed by atoms with Gasteiger partial charge in [0.15, 0.2) is 0 Å². The molecule has 0 spiro atoms. The van der Waals surface area contributed by atoms with Gasteiger partial charge in [-0.15, -0.1) is 0 Å². The molecule has 1 rings (SSSR count). The molecule has 0 aromatic rings. The van der Waals surface area contributed by atoms with E-state index in [2.05, 4.69) is 0 Å². The minimum atomic E-state index is -3.62. The van der Waals surface area contributed by atoms with Crippen molar-refractivity contribution in [3.63, 3.8) is 0 Å². The summed E-state index contributed by atoms with van der Waals surface area (Å²) in [6.07, 6.45) is -0.317. The molecule has 1 atom stereocenters. The highest BCUT2D eigenvalue weighted by atomic mass is 35.7. The zero-order valence-electron chi connectivity index (χ0n) is 6.26. The zero-order chi connectivity index (χ0) is 9.41. The van der Waals surface area contributed by atoms with Gasteiger partial charge in [-0.25, -0.2) is 17.2 Å². The summed E-state index contributed by atoms with van der Waals surface area (Å²) in [5, 5.41) is 0. The highest BCUT2D eigenvalue weighted by molar-refractivity contribution is 8.13. The molecular weight excluding hydrogens is 210 g/mol. The van der Waals surface area contributed by atoms with Crippen LogP contribution in [0.4, 0.5) is 8.78 Å². The first kappa shape index (κ1) is 10.2. The van der Waals surface area contributed by atoms with Crippen LogP contribution in [0.2, 0.25) is 0 Å². The van der Waals surface area contributed by atoms with Crippen molar-refractivity contribution in [2.75, 3.05) is 5.75 Å². The Labute approximate surface area is 74.3 Å². The topological polar surface area (TPSA) is 34.1 Å². The molecule has 1 fully saturated rings. The molecule has 0 aromatic carbocycles. The molecule has 6 heteroatoms. The average Bonchev–Trinajstić information content (AvgIpc) is 2.05. The summed E-state index contributed by atoms with van der Waals surface area (Å²) < 4.78 is 46.1. The minimum absolute atomic E-state index is 0.218. The van der Waals surface area contributed by atoms with Crippen LogP contribution < -0.4 is 0 Å². The third-order valence-corrected chi connectivity index (χ3v) is 3.19. The fourth-order valence-electron chi connectivity index (χ4n) is 1.47. The van der Waals surface area contributed by atoms with Crippen molar-refractivity contribution >= 4 is 19.7 Å². The maximum absolute atomic E-state index is 12.5. The van der Waals surface area contributed by atoms with Gasteiger partial charge in [0.1, 0.15) is 0 Å². The lowest BCUT2D eigenvalue weighted by Crippen LogP contribution is -2.13. The van der Waals surface area contributed by atoms with Crippen LogP contribution in [0.1, 0.15) is 19.3 Å². The Hall–Kier alpha value is 0.1000. The molecule has 12 heavy (non-hydrogen) atoms. The van der Waals surface area contributed by atoms with Gasteiger partial charge in [-0.2, -0.15) is 0 Å². The van der Waals surface area contributed by atoms with Gasteiger partial charge in [0, 0.05) is 23.5 Å². The Morgan fingerprint density at radius 3 is 2.42 bits per heavy atom. The third kappa shape index (κ3) is 3.23. The quantitative estimate of drug-likeness (QED) is 0.665. The highest BCUT2D eigenvalue weighted by Gasteiger charge is 2.40. The fraction of sp³-hybridized carbons (Fsp3) is 1.00. The van der Waals surface area contributed by atoms with Crippen molar-refractivity contribution in [3.8, 4) is 0 Å². The molecule has 0 radical (unpaired) electrons. The van der Waals surface area contributed by atoms with Crippen LogP contribution >= 0.6 is 10.7 Å². The molecule has 72 valence electrons. The molecule has 2 nitrogen and oxygen atoms in total. The molecule has 1 aliphatic carbocycles. The molecule has 0 amide bonds. The SMILES string of the molecule is O=S(=O)(Cl)CC1CCC(F)(F)C1. The van der Waals surface area contributed by atoms with Gasteiger partial charge < -0.3 is 0 Å². The van der Waals surface area contributed by atoms with Gasteiger partial charge in [0.2, 0.25) is 15.0 Å². The summed E-state index contributed by atoms with van der Waals surface area (Å²) >= 11 is 0. The largest absolute Gasteiger partial charge is 0.248 e. The highest BCUT2D eigenvalue weighted by Crippen LogP contribution is 2.39. The van der Waals surface area contributed by atoms with E-state index in [1.54, 1.807) is 0 Å². The molecule has 1 saturated carbocycles. The monoisotopic (exact) mass is 218 g/mol. The molecule has 0 aromatic heterocycles. The lowest BCUT2D eigenvalue weighted by molar-refractivity contribution is 0.00593. The van der Waals surface area contributed by atoms with Crippen LogP contribution in [0, 0.1) is 5.92 Å². The smallest absolute Gasteiger partial charge is 0.212 e. The minimum Gasteiger partial charge on any atom is -0.212 e.